The van der Waals surface area contributed by atoms with Gasteiger partial charge in [-0.2, -0.15) is 9.81 Å². The number of nitroso groups, excluding NO2 is 2. The summed E-state index contributed by atoms with van der Waals surface area (Å²) in [5.74, 6) is 0.445. The zero-order valence-electron chi connectivity index (χ0n) is 10.9. The summed E-state index contributed by atoms with van der Waals surface area (Å²) in [5, 5.41) is 6.17. The number of nitrogens with zero attached hydrogens (tertiary/aromatic N) is 3. The predicted molar refractivity (Wildman–Crippen MR) is 70.1 cm³/mol. The van der Waals surface area contributed by atoms with Crippen LogP contribution in [0.25, 0.3) is 0 Å². The summed E-state index contributed by atoms with van der Waals surface area (Å²) < 4.78 is 0. The first-order valence-electron chi connectivity index (χ1n) is 6.87. The molecule has 2 fully saturated rings. The van der Waals surface area contributed by atoms with Crippen molar-refractivity contribution in [3.63, 3.8) is 0 Å². The Labute approximate surface area is 107 Å². The summed E-state index contributed by atoms with van der Waals surface area (Å²) >= 11 is 0. The van der Waals surface area contributed by atoms with Crippen LogP contribution in [0, 0.1) is 15.7 Å². The molecule has 5 atom stereocenters. The fourth-order valence-electron chi connectivity index (χ4n) is 3.46. The fraction of sp³-hybridized carbons (Fsp3) is 1.00. The van der Waals surface area contributed by atoms with E-state index in [2.05, 4.69) is 22.2 Å². The quantitative estimate of drug-likeness (QED) is 0.752. The molecule has 18 heavy (non-hydrogen) atoms. The van der Waals surface area contributed by atoms with Gasteiger partial charge in [-0.15, -0.1) is 0 Å². The van der Waals surface area contributed by atoms with Crippen LogP contribution in [-0.4, -0.2) is 42.2 Å². The highest BCUT2D eigenvalue weighted by molar-refractivity contribution is 5.09. The molecule has 6 heteroatoms. The Morgan fingerprint density at radius 2 is 2.11 bits per heavy atom. The van der Waals surface area contributed by atoms with E-state index in [-0.39, 0.29) is 12.1 Å². The second-order valence-electron chi connectivity index (χ2n) is 5.52. The number of rotatable bonds is 5. The maximum atomic E-state index is 11.0. The van der Waals surface area contributed by atoms with Gasteiger partial charge >= 0.3 is 0 Å². The molecule has 0 aromatic carbocycles. The van der Waals surface area contributed by atoms with Crippen molar-refractivity contribution >= 4 is 0 Å². The number of fused-ring (bicyclic) bond motifs is 1. The molecule has 0 saturated carbocycles. The Hall–Kier alpha value is -0.880. The van der Waals surface area contributed by atoms with Crippen molar-refractivity contribution in [1.82, 2.24) is 4.90 Å². The normalized spacial score (nSPS) is 40.4. The van der Waals surface area contributed by atoms with E-state index in [4.69, 9.17) is 5.73 Å². The lowest BCUT2D eigenvalue weighted by Gasteiger charge is -2.40. The third-order valence-corrected chi connectivity index (χ3v) is 4.50. The SMILES string of the molecule is CCCCC1CCN2C[C@@H](N=O)[C@@H](N=O)[C@H]2[C@@H]1N. The van der Waals surface area contributed by atoms with E-state index in [1.807, 2.05) is 0 Å². The van der Waals surface area contributed by atoms with E-state index in [0.717, 1.165) is 25.8 Å². The molecule has 2 rings (SSSR count). The van der Waals surface area contributed by atoms with Crippen LogP contribution in [0.1, 0.15) is 32.6 Å². The summed E-state index contributed by atoms with van der Waals surface area (Å²) in [6, 6.07) is -1.20. The van der Waals surface area contributed by atoms with Crippen LogP contribution in [0.2, 0.25) is 0 Å². The molecule has 2 heterocycles. The van der Waals surface area contributed by atoms with E-state index in [0.29, 0.717) is 12.5 Å². The minimum Gasteiger partial charge on any atom is -0.326 e. The Balaban J connectivity index is 2.08. The first kappa shape index (κ1) is 13.5. The van der Waals surface area contributed by atoms with Crippen molar-refractivity contribution in [2.45, 2.75) is 56.8 Å². The van der Waals surface area contributed by atoms with Crippen LogP contribution in [0.5, 0.6) is 0 Å². The zero-order chi connectivity index (χ0) is 13.1. The number of piperidine rings is 1. The highest BCUT2D eigenvalue weighted by Gasteiger charge is 2.50. The summed E-state index contributed by atoms with van der Waals surface area (Å²) in [6.45, 7) is 3.61. The number of nitrogens with two attached hydrogens (primary N) is 1. The predicted octanol–water partition coefficient (Wildman–Crippen LogP) is 1.48. The summed E-state index contributed by atoms with van der Waals surface area (Å²) in [6.07, 6.45) is 4.48. The van der Waals surface area contributed by atoms with Crippen molar-refractivity contribution < 1.29 is 0 Å². The second-order valence-corrected chi connectivity index (χ2v) is 5.52. The second kappa shape index (κ2) is 5.84. The Morgan fingerprint density at radius 1 is 1.33 bits per heavy atom. The maximum Gasteiger partial charge on any atom is 0.136 e. The lowest BCUT2D eigenvalue weighted by Crippen LogP contribution is -2.56. The highest BCUT2D eigenvalue weighted by Crippen LogP contribution is 2.34. The largest absolute Gasteiger partial charge is 0.326 e. The summed E-state index contributed by atoms with van der Waals surface area (Å²) in [7, 11) is 0. The van der Waals surface area contributed by atoms with Crippen molar-refractivity contribution in [3.05, 3.63) is 9.81 Å². The van der Waals surface area contributed by atoms with Gasteiger partial charge in [0, 0.05) is 12.6 Å². The monoisotopic (exact) mass is 254 g/mol. The standard InChI is InChI=1S/C12H22N4O2/c1-2-3-4-8-5-6-16-7-9(14-17)11(15-18)12(16)10(8)13/h8-12H,2-7,13H2,1H3/t8?,9-,10-,11-,12-/m1/s1. The van der Waals surface area contributed by atoms with E-state index in [1.165, 1.54) is 6.42 Å². The topological polar surface area (TPSA) is 88.1 Å². The average Bonchev–Trinajstić information content (AvgIpc) is 2.76. The van der Waals surface area contributed by atoms with E-state index < -0.39 is 12.1 Å². The molecule has 1 unspecified atom stereocenters. The van der Waals surface area contributed by atoms with Gasteiger partial charge in [0.15, 0.2) is 0 Å². The van der Waals surface area contributed by atoms with Crippen LogP contribution in [0.3, 0.4) is 0 Å². The lowest BCUT2D eigenvalue weighted by molar-refractivity contribution is 0.113. The smallest absolute Gasteiger partial charge is 0.136 e. The van der Waals surface area contributed by atoms with Crippen LogP contribution >= 0.6 is 0 Å². The number of hydrogen-bond donors (Lipinski definition) is 1. The van der Waals surface area contributed by atoms with Gasteiger partial charge < -0.3 is 5.73 Å². The Bertz CT molecular complexity index is 312. The minimum absolute atomic E-state index is 0.0558. The van der Waals surface area contributed by atoms with Gasteiger partial charge in [-0.1, -0.05) is 30.1 Å². The lowest BCUT2D eigenvalue weighted by atomic mass is 9.81. The third kappa shape index (κ3) is 2.31. The molecule has 2 aliphatic heterocycles. The third-order valence-electron chi connectivity index (χ3n) is 4.50. The first-order valence-corrected chi connectivity index (χ1v) is 6.87. The average molecular weight is 254 g/mol. The van der Waals surface area contributed by atoms with Crippen LogP contribution < -0.4 is 5.73 Å². The molecule has 0 aromatic rings. The first-order chi connectivity index (χ1) is 8.72. The van der Waals surface area contributed by atoms with Crippen LogP contribution in [0.4, 0.5) is 0 Å². The molecule has 0 amide bonds. The van der Waals surface area contributed by atoms with Gasteiger partial charge in [0.2, 0.25) is 0 Å². The molecular formula is C12H22N4O2. The molecule has 6 nitrogen and oxygen atoms in total. The van der Waals surface area contributed by atoms with E-state index in [1.54, 1.807) is 0 Å². The molecule has 0 aromatic heterocycles. The van der Waals surface area contributed by atoms with Crippen molar-refractivity contribution in [2.24, 2.45) is 22.0 Å². The van der Waals surface area contributed by atoms with Crippen LogP contribution in [-0.2, 0) is 0 Å². The number of hydrogen-bond acceptors (Lipinski definition) is 6. The van der Waals surface area contributed by atoms with Crippen molar-refractivity contribution in [1.29, 1.82) is 0 Å². The molecule has 0 bridgehead atoms. The molecule has 2 N–H and O–H groups in total. The Kier molecular flexibility index (Phi) is 4.40. The fourth-order valence-corrected chi connectivity index (χ4v) is 3.46. The molecule has 0 radical (unpaired) electrons. The van der Waals surface area contributed by atoms with E-state index in [9.17, 15) is 9.81 Å². The van der Waals surface area contributed by atoms with Crippen molar-refractivity contribution in [2.75, 3.05) is 13.1 Å². The highest BCUT2D eigenvalue weighted by atomic mass is 16.3. The zero-order valence-corrected chi connectivity index (χ0v) is 10.9. The maximum absolute atomic E-state index is 11.0. The molecule has 2 aliphatic rings. The molecule has 0 spiro atoms. The summed E-state index contributed by atoms with van der Waals surface area (Å²) in [5.41, 5.74) is 6.30. The Morgan fingerprint density at radius 3 is 2.72 bits per heavy atom. The van der Waals surface area contributed by atoms with E-state index >= 15 is 0 Å². The molecule has 0 aliphatic carbocycles. The van der Waals surface area contributed by atoms with Crippen molar-refractivity contribution in [3.8, 4) is 0 Å². The minimum atomic E-state index is -0.554. The van der Waals surface area contributed by atoms with Gasteiger partial charge in [-0.25, -0.2) is 0 Å². The molecule has 2 saturated heterocycles. The van der Waals surface area contributed by atoms with Crippen LogP contribution in [0.15, 0.2) is 10.4 Å². The van der Waals surface area contributed by atoms with Gasteiger partial charge in [0.1, 0.15) is 12.1 Å². The van der Waals surface area contributed by atoms with Gasteiger partial charge in [0.05, 0.1) is 6.04 Å². The summed E-state index contributed by atoms with van der Waals surface area (Å²) in [4.78, 5) is 23.9. The van der Waals surface area contributed by atoms with Gasteiger partial charge in [0.25, 0.3) is 0 Å². The molecular weight excluding hydrogens is 232 g/mol. The van der Waals surface area contributed by atoms with Gasteiger partial charge in [-0.3, -0.25) is 4.90 Å². The van der Waals surface area contributed by atoms with Gasteiger partial charge in [-0.05, 0) is 25.3 Å². The molecule has 102 valence electrons. The number of unbranched alkanes of at least 4 members (excludes halogenated alkanes) is 1.